The number of anilines is 1. The average molecular weight is 403 g/mol. The van der Waals surface area contributed by atoms with Crippen LogP contribution < -0.4 is 10.4 Å². The van der Waals surface area contributed by atoms with Crippen LogP contribution in [0.15, 0.2) is 34.3 Å². The van der Waals surface area contributed by atoms with Gasteiger partial charge in [-0.2, -0.15) is 10.2 Å². The van der Waals surface area contributed by atoms with Gasteiger partial charge in [-0.05, 0) is 17.4 Å². The van der Waals surface area contributed by atoms with E-state index in [0.717, 1.165) is 4.88 Å². The lowest BCUT2D eigenvalue weighted by Crippen LogP contribution is -2.45. The van der Waals surface area contributed by atoms with Gasteiger partial charge in [-0.1, -0.05) is 36.7 Å². The second-order valence-electron chi connectivity index (χ2n) is 5.98. The molecule has 0 bridgehead atoms. The van der Waals surface area contributed by atoms with Crippen molar-refractivity contribution in [3.63, 3.8) is 0 Å². The van der Waals surface area contributed by atoms with E-state index in [2.05, 4.69) is 20.6 Å². The Balaban J connectivity index is 1.85. The third-order valence-corrected chi connectivity index (χ3v) is 4.52. The van der Waals surface area contributed by atoms with Crippen molar-refractivity contribution >= 4 is 34.7 Å². The van der Waals surface area contributed by atoms with Crippen LogP contribution in [0.5, 0.6) is 0 Å². The number of carbonyl (C=O) groups is 1. The Hall–Kier alpha value is -2.96. The van der Waals surface area contributed by atoms with Gasteiger partial charge in [0.2, 0.25) is 5.82 Å². The first kappa shape index (κ1) is 18.8. The number of halogens is 1. The van der Waals surface area contributed by atoms with Gasteiger partial charge in [-0.25, -0.2) is 4.98 Å². The summed E-state index contributed by atoms with van der Waals surface area (Å²) in [6.07, 6.45) is 1.33. The second-order valence-corrected chi connectivity index (χ2v) is 7.33. The van der Waals surface area contributed by atoms with Gasteiger partial charge in [-0.3, -0.25) is 15.2 Å². The first-order valence-corrected chi connectivity index (χ1v) is 9.25. The maximum atomic E-state index is 12.6. The molecule has 0 spiro atoms. The first-order chi connectivity index (χ1) is 13.0. The summed E-state index contributed by atoms with van der Waals surface area (Å²) in [7, 11) is 0. The number of hydrogen-bond donors (Lipinski definition) is 1. The largest absolute Gasteiger partial charge is 0.355 e. The summed E-state index contributed by atoms with van der Waals surface area (Å²) in [5, 5.41) is 16.5. The van der Waals surface area contributed by atoms with E-state index in [0.29, 0.717) is 12.3 Å². The van der Waals surface area contributed by atoms with E-state index in [4.69, 9.17) is 21.4 Å². The standard InChI is InChI=1S/C17H15ClN6O2S/c1-10(2)9-24(16-11(18)8-20-15(7-19)21-16)22-17(25)12-6-13(26-23-12)14-4-3-5-27-14/h3-6,8,10H,9H2,1-2H3,(H,22,25). The maximum absolute atomic E-state index is 12.6. The lowest BCUT2D eigenvalue weighted by Gasteiger charge is -2.26. The first-order valence-electron chi connectivity index (χ1n) is 7.99. The van der Waals surface area contributed by atoms with Crippen LogP contribution in [0.25, 0.3) is 10.6 Å². The molecule has 0 saturated heterocycles. The minimum Gasteiger partial charge on any atom is -0.355 e. The van der Waals surface area contributed by atoms with Crippen molar-refractivity contribution < 1.29 is 9.32 Å². The Morgan fingerprint density at radius 1 is 1.52 bits per heavy atom. The minimum atomic E-state index is -0.476. The maximum Gasteiger partial charge on any atom is 0.292 e. The van der Waals surface area contributed by atoms with Gasteiger partial charge < -0.3 is 4.52 Å². The molecule has 0 fully saturated rings. The van der Waals surface area contributed by atoms with Crippen molar-refractivity contribution in [2.24, 2.45) is 5.92 Å². The van der Waals surface area contributed by atoms with Crippen molar-refractivity contribution in [3.05, 3.63) is 46.3 Å². The van der Waals surface area contributed by atoms with Gasteiger partial charge in [0.05, 0.1) is 11.1 Å². The molecular weight excluding hydrogens is 388 g/mol. The molecule has 0 aromatic carbocycles. The number of nitrogens with one attached hydrogen (secondary N) is 1. The van der Waals surface area contributed by atoms with Crippen molar-refractivity contribution in [1.29, 1.82) is 5.26 Å². The zero-order chi connectivity index (χ0) is 19.4. The fraction of sp³-hybridized carbons (Fsp3) is 0.235. The number of aromatic nitrogens is 3. The van der Waals surface area contributed by atoms with E-state index < -0.39 is 5.91 Å². The Kier molecular flexibility index (Phi) is 5.69. The Morgan fingerprint density at radius 2 is 2.33 bits per heavy atom. The number of rotatable bonds is 6. The highest BCUT2D eigenvalue weighted by atomic mass is 35.5. The number of hydrazine groups is 1. The Bertz CT molecular complexity index is 980. The molecule has 138 valence electrons. The van der Waals surface area contributed by atoms with Gasteiger partial charge in [0.25, 0.3) is 5.91 Å². The molecule has 0 saturated carbocycles. The molecular formula is C17H15ClN6O2S. The Morgan fingerprint density at radius 3 is 3.00 bits per heavy atom. The smallest absolute Gasteiger partial charge is 0.292 e. The van der Waals surface area contributed by atoms with Crippen LogP contribution in [-0.2, 0) is 0 Å². The predicted octanol–water partition coefficient (Wildman–Crippen LogP) is 3.53. The number of carbonyl (C=O) groups excluding carboxylic acids is 1. The molecule has 0 aliphatic carbocycles. The van der Waals surface area contributed by atoms with E-state index in [1.165, 1.54) is 22.5 Å². The molecule has 0 atom stereocenters. The second kappa shape index (κ2) is 8.16. The summed E-state index contributed by atoms with van der Waals surface area (Å²) in [5.41, 5.74) is 2.85. The van der Waals surface area contributed by atoms with Crippen LogP contribution in [0, 0.1) is 17.2 Å². The molecule has 0 aliphatic rings. The van der Waals surface area contributed by atoms with Crippen LogP contribution in [0.2, 0.25) is 5.02 Å². The van der Waals surface area contributed by atoms with Crippen LogP contribution in [0.1, 0.15) is 30.2 Å². The summed E-state index contributed by atoms with van der Waals surface area (Å²) in [5.74, 6) is 0.416. The number of thiophene rings is 1. The van der Waals surface area contributed by atoms with Gasteiger partial charge in [0, 0.05) is 12.6 Å². The lowest BCUT2D eigenvalue weighted by atomic mass is 10.2. The molecule has 3 aromatic heterocycles. The number of nitrogens with zero attached hydrogens (tertiary/aromatic N) is 5. The number of hydrogen-bond acceptors (Lipinski definition) is 8. The molecule has 1 amide bonds. The molecule has 0 aliphatic heterocycles. The van der Waals surface area contributed by atoms with E-state index in [-0.39, 0.29) is 28.3 Å². The highest BCUT2D eigenvalue weighted by molar-refractivity contribution is 7.13. The van der Waals surface area contributed by atoms with Crippen LogP contribution >= 0.6 is 22.9 Å². The van der Waals surface area contributed by atoms with Crippen molar-refractivity contribution in [2.45, 2.75) is 13.8 Å². The highest BCUT2D eigenvalue weighted by Crippen LogP contribution is 2.26. The topological polar surface area (TPSA) is 108 Å². The van der Waals surface area contributed by atoms with Crippen molar-refractivity contribution in [3.8, 4) is 16.7 Å². The summed E-state index contributed by atoms with van der Waals surface area (Å²) in [6.45, 7) is 4.37. The van der Waals surface area contributed by atoms with Crippen molar-refractivity contribution in [1.82, 2.24) is 20.6 Å². The quantitative estimate of drug-likeness (QED) is 0.628. The summed E-state index contributed by atoms with van der Waals surface area (Å²) in [4.78, 5) is 21.4. The number of nitriles is 1. The molecule has 27 heavy (non-hydrogen) atoms. The van der Waals surface area contributed by atoms with E-state index in [1.54, 1.807) is 6.07 Å². The third kappa shape index (κ3) is 4.42. The third-order valence-electron chi connectivity index (χ3n) is 3.37. The Labute approximate surface area is 164 Å². The molecule has 3 heterocycles. The van der Waals surface area contributed by atoms with Crippen LogP contribution in [0.3, 0.4) is 0 Å². The number of amides is 1. The highest BCUT2D eigenvalue weighted by Gasteiger charge is 2.21. The van der Waals surface area contributed by atoms with E-state index >= 15 is 0 Å². The van der Waals surface area contributed by atoms with Crippen LogP contribution in [0.4, 0.5) is 5.82 Å². The average Bonchev–Trinajstić information content (AvgIpc) is 3.32. The molecule has 0 unspecified atom stereocenters. The molecule has 3 rings (SSSR count). The molecule has 1 N–H and O–H groups in total. The molecule has 10 heteroatoms. The van der Waals surface area contributed by atoms with Crippen LogP contribution in [-0.4, -0.2) is 27.6 Å². The minimum absolute atomic E-state index is 0.0428. The van der Waals surface area contributed by atoms with E-state index in [1.807, 2.05) is 37.4 Å². The van der Waals surface area contributed by atoms with Gasteiger partial charge in [0.15, 0.2) is 17.3 Å². The zero-order valence-corrected chi connectivity index (χ0v) is 16.1. The fourth-order valence-electron chi connectivity index (χ4n) is 2.25. The van der Waals surface area contributed by atoms with Gasteiger partial charge in [0.1, 0.15) is 11.1 Å². The molecule has 0 radical (unpaired) electrons. The summed E-state index contributed by atoms with van der Waals surface area (Å²) < 4.78 is 5.25. The predicted molar refractivity (Wildman–Crippen MR) is 101 cm³/mol. The van der Waals surface area contributed by atoms with E-state index in [9.17, 15) is 4.79 Å². The lowest BCUT2D eigenvalue weighted by molar-refractivity contribution is 0.0938. The summed E-state index contributed by atoms with van der Waals surface area (Å²) >= 11 is 7.66. The SMILES string of the molecule is CC(C)CN(NC(=O)c1cc(-c2cccs2)on1)c1nc(C#N)ncc1Cl. The van der Waals surface area contributed by atoms with Gasteiger partial charge >= 0.3 is 0 Å². The zero-order valence-electron chi connectivity index (χ0n) is 14.5. The molecule has 3 aromatic rings. The molecule has 8 nitrogen and oxygen atoms in total. The van der Waals surface area contributed by atoms with Crippen molar-refractivity contribution in [2.75, 3.05) is 11.6 Å². The monoisotopic (exact) mass is 402 g/mol. The normalized spacial score (nSPS) is 10.6. The van der Waals surface area contributed by atoms with Gasteiger partial charge in [-0.15, -0.1) is 11.3 Å². The summed E-state index contributed by atoms with van der Waals surface area (Å²) in [6, 6.07) is 7.19. The fourth-order valence-corrected chi connectivity index (χ4v) is 3.11.